The van der Waals surface area contributed by atoms with E-state index in [1.807, 2.05) is 17.5 Å². The number of thiophene rings is 1. The first kappa shape index (κ1) is 17.3. The summed E-state index contributed by atoms with van der Waals surface area (Å²) in [6.45, 7) is -0.0799. The van der Waals surface area contributed by atoms with Gasteiger partial charge in [0.05, 0.1) is 4.88 Å². The summed E-state index contributed by atoms with van der Waals surface area (Å²) in [6.07, 6.45) is 0. The van der Waals surface area contributed by atoms with Crippen LogP contribution in [0.1, 0.15) is 10.4 Å². The van der Waals surface area contributed by atoms with Crippen LogP contribution in [0.2, 0.25) is 5.02 Å². The molecule has 2 heterocycles. The molecule has 0 aliphatic carbocycles. The number of nitrogens with one attached hydrogen (secondary N) is 3. The number of nitrogens with zero attached hydrogens (tertiary/aromatic N) is 2. The highest BCUT2D eigenvalue weighted by atomic mass is 35.5. The van der Waals surface area contributed by atoms with Gasteiger partial charge in [-0.2, -0.15) is 5.10 Å². The van der Waals surface area contributed by atoms with E-state index >= 15 is 0 Å². The molecule has 3 aromatic rings. The van der Waals surface area contributed by atoms with Crippen LogP contribution < -0.4 is 10.9 Å². The highest BCUT2D eigenvalue weighted by Gasteiger charge is 2.14. The first-order valence-electron chi connectivity index (χ1n) is 7.08. The number of halogens is 1. The number of benzene rings is 1. The van der Waals surface area contributed by atoms with Gasteiger partial charge in [0.15, 0.2) is 10.6 Å². The Morgan fingerprint density at radius 3 is 2.68 bits per heavy atom. The number of aromatic nitrogens is 3. The van der Waals surface area contributed by atoms with Crippen LogP contribution in [0.3, 0.4) is 0 Å². The van der Waals surface area contributed by atoms with Crippen molar-refractivity contribution in [2.75, 3.05) is 0 Å². The molecule has 128 valence electrons. The maximum absolute atomic E-state index is 12.1. The van der Waals surface area contributed by atoms with Gasteiger partial charge in [-0.25, -0.2) is 0 Å². The Bertz CT molecular complexity index is 947. The second-order valence-electron chi connectivity index (χ2n) is 4.93. The van der Waals surface area contributed by atoms with Crippen LogP contribution >= 0.6 is 35.2 Å². The maximum atomic E-state index is 12.1. The number of hydrogen-bond donors (Lipinski definition) is 3. The molecule has 1 aromatic carbocycles. The van der Waals surface area contributed by atoms with Gasteiger partial charge in [-0.3, -0.25) is 30.1 Å². The molecule has 0 saturated carbocycles. The summed E-state index contributed by atoms with van der Waals surface area (Å²) in [5.74, 6) is -0.309. The summed E-state index contributed by atoms with van der Waals surface area (Å²) >= 11 is 12.4. The highest BCUT2D eigenvalue weighted by Crippen LogP contribution is 2.22. The molecule has 2 amide bonds. The van der Waals surface area contributed by atoms with Crippen LogP contribution in [0.15, 0.2) is 41.8 Å². The number of aromatic amines is 1. The molecule has 0 atom stereocenters. The monoisotopic (exact) mass is 393 g/mol. The van der Waals surface area contributed by atoms with Gasteiger partial charge in [-0.15, -0.1) is 11.3 Å². The molecule has 3 N–H and O–H groups in total. The van der Waals surface area contributed by atoms with Crippen LogP contribution in [0.5, 0.6) is 0 Å². The molecule has 0 aliphatic heterocycles. The Labute approximate surface area is 156 Å². The van der Waals surface area contributed by atoms with E-state index in [0.29, 0.717) is 21.2 Å². The lowest BCUT2D eigenvalue weighted by atomic mass is 10.2. The molecule has 0 unspecified atom stereocenters. The molecule has 3 rings (SSSR count). The summed E-state index contributed by atoms with van der Waals surface area (Å²) in [6, 6.07) is 10.1. The van der Waals surface area contributed by atoms with Crippen molar-refractivity contribution in [3.8, 4) is 10.7 Å². The molecule has 7 nitrogen and oxygen atoms in total. The number of hydrogen-bond acceptors (Lipinski definition) is 5. The van der Waals surface area contributed by atoms with Gasteiger partial charge >= 0.3 is 0 Å². The second-order valence-corrected chi connectivity index (χ2v) is 6.70. The van der Waals surface area contributed by atoms with Crippen molar-refractivity contribution in [3.05, 3.63) is 57.1 Å². The first-order valence-corrected chi connectivity index (χ1v) is 8.75. The van der Waals surface area contributed by atoms with Crippen molar-refractivity contribution in [2.24, 2.45) is 0 Å². The van der Waals surface area contributed by atoms with Gasteiger partial charge in [0, 0.05) is 10.6 Å². The van der Waals surface area contributed by atoms with Crippen LogP contribution in [-0.4, -0.2) is 26.6 Å². The van der Waals surface area contributed by atoms with Gasteiger partial charge in [-0.05, 0) is 47.9 Å². The molecule has 25 heavy (non-hydrogen) atoms. The predicted molar refractivity (Wildman–Crippen MR) is 97.8 cm³/mol. The zero-order chi connectivity index (χ0) is 17.8. The number of hydrazine groups is 1. The minimum Gasteiger partial charge on any atom is -0.290 e. The zero-order valence-electron chi connectivity index (χ0n) is 12.7. The normalized spacial score (nSPS) is 10.4. The van der Waals surface area contributed by atoms with Gasteiger partial charge < -0.3 is 0 Å². The fourth-order valence-corrected chi connectivity index (χ4v) is 3.09. The largest absolute Gasteiger partial charge is 0.290 e. The van der Waals surface area contributed by atoms with E-state index in [1.165, 1.54) is 11.3 Å². The fourth-order valence-electron chi connectivity index (χ4n) is 2.04. The topological polar surface area (TPSA) is 91.8 Å². The Hall–Kier alpha value is -2.49. The van der Waals surface area contributed by atoms with Crippen molar-refractivity contribution in [1.82, 2.24) is 25.6 Å². The Kier molecular flexibility index (Phi) is 5.27. The average molecular weight is 394 g/mol. The molecule has 0 aliphatic rings. The predicted octanol–water partition coefficient (Wildman–Crippen LogP) is 2.78. The van der Waals surface area contributed by atoms with Crippen LogP contribution in [-0.2, 0) is 11.3 Å². The molecule has 0 bridgehead atoms. The summed E-state index contributed by atoms with van der Waals surface area (Å²) in [5, 5.41) is 9.24. The molecule has 0 saturated heterocycles. The number of rotatable bonds is 4. The number of H-pyrrole nitrogens is 1. The number of carbonyl (C=O) groups excluding carboxylic acids is 2. The van der Waals surface area contributed by atoms with Crippen molar-refractivity contribution in [1.29, 1.82) is 0 Å². The fraction of sp³-hybridized carbons (Fsp3) is 0.0667. The van der Waals surface area contributed by atoms with Crippen molar-refractivity contribution in [2.45, 2.75) is 6.54 Å². The third kappa shape index (κ3) is 4.13. The molecular weight excluding hydrogens is 382 g/mol. The lowest BCUT2D eigenvalue weighted by molar-refractivity contribution is -0.122. The lowest BCUT2D eigenvalue weighted by Crippen LogP contribution is -2.43. The summed E-state index contributed by atoms with van der Waals surface area (Å²) in [7, 11) is 0. The summed E-state index contributed by atoms with van der Waals surface area (Å²) in [4.78, 5) is 25.0. The van der Waals surface area contributed by atoms with Crippen LogP contribution in [0.4, 0.5) is 0 Å². The smallest absolute Gasteiger partial charge is 0.269 e. The van der Waals surface area contributed by atoms with Gasteiger partial charge in [0.2, 0.25) is 0 Å². The molecule has 0 radical (unpaired) electrons. The van der Waals surface area contributed by atoms with E-state index in [-0.39, 0.29) is 6.54 Å². The van der Waals surface area contributed by atoms with Gasteiger partial charge in [0.1, 0.15) is 6.54 Å². The third-order valence-corrected chi connectivity index (χ3v) is 4.65. The average Bonchev–Trinajstić information content (AvgIpc) is 3.24. The lowest BCUT2D eigenvalue weighted by Gasteiger charge is -2.09. The standard InChI is InChI=1S/C15H12ClN5O2S2/c16-10-5-3-9(4-6-10)14(23)19-17-12(22)8-21-13(18-20-15(21)24)11-2-1-7-25-11/h1-7H,8H2,(H,17,22)(H,19,23)(H,20,24). The van der Waals surface area contributed by atoms with E-state index < -0.39 is 11.8 Å². The molecule has 2 aromatic heterocycles. The Balaban J connectivity index is 1.64. The van der Waals surface area contributed by atoms with E-state index in [9.17, 15) is 9.59 Å². The van der Waals surface area contributed by atoms with Crippen LogP contribution in [0, 0.1) is 4.77 Å². The highest BCUT2D eigenvalue weighted by molar-refractivity contribution is 7.71. The molecule has 0 fully saturated rings. The zero-order valence-corrected chi connectivity index (χ0v) is 15.0. The van der Waals surface area contributed by atoms with Crippen LogP contribution in [0.25, 0.3) is 10.7 Å². The first-order chi connectivity index (χ1) is 12.0. The minimum atomic E-state index is -0.445. The SMILES string of the molecule is O=C(Cn1c(-c2cccs2)n[nH]c1=S)NNC(=O)c1ccc(Cl)cc1. The second kappa shape index (κ2) is 7.60. The molecule has 10 heteroatoms. The van der Waals surface area contributed by atoms with E-state index in [0.717, 1.165) is 4.88 Å². The maximum Gasteiger partial charge on any atom is 0.269 e. The molecular formula is C15H12ClN5O2S2. The Morgan fingerprint density at radius 1 is 1.24 bits per heavy atom. The van der Waals surface area contributed by atoms with Crippen molar-refractivity contribution < 1.29 is 9.59 Å². The van der Waals surface area contributed by atoms with Gasteiger partial charge in [-0.1, -0.05) is 17.7 Å². The van der Waals surface area contributed by atoms with E-state index in [1.54, 1.807) is 28.8 Å². The van der Waals surface area contributed by atoms with Gasteiger partial charge in [0.25, 0.3) is 11.8 Å². The summed E-state index contributed by atoms with van der Waals surface area (Å²) in [5.41, 5.74) is 5.08. The minimum absolute atomic E-state index is 0.0799. The molecule has 0 spiro atoms. The van der Waals surface area contributed by atoms with Crippen molar-refractivity contribution >= 4 is 47.0 Å². The summed E-state index contributed by atoms with van der Waals surface area (Å²) < 4.78 is 1.88. The van der Waals surface area contributed by atoms with E-state index in [4.69, 9.17) is 23.8 Å². The third-order valence-electron chi connectivity index (χ3n) is 3.22. The number of amides is 2. The quantitative estimate of drug-likeness (QED) is 0.469. The number of carbonyl (C=O) groups is 2. The van der Waals surface area contributed by atoms with E-state index in [2.05, 4.69) is 21.0 Å². The Morgan fingerprint density at radius 2 is 2.00 bits per heavy atom. The van der Waals surface area contributed by atoms with Crippen molar-refractivity contribution in [3.63, 3.8) is 0 Å².